The first-order chi connectivity index (χ1) is 10.1. The minimum Gasteiger partial charge on any atom is -0.380 e. The van der Waals surface area contributed by atoms with Crippen LogP contribution in [-0.4, -0.2) is 25.0 Å². The number of carbonyl (C=O) groups is 3. The summed E-state index contributed by atoms with van der Waals surface area (Å²) in [5.41, 5.74) is 0.270. The molecule has 1 heterocycles. The number of hydrogen-bond acceptors (Lipinski definition) is 4. The van der Waals surface area contributed by atoms with Gasteiger partial charge in [0.2, 0.25) is 5.91 Å². The Kier molecular flexibility index (Phi) is 3.25. The van der Waals surface area contributed by atoms with Crippen LogP contribution in [0.4, 0.5) is 10.5 Å². The van der Waals surface area contributed by atoms with Gasteiger partial charge in [0.05, 0.1) is 12.3 Å². The zero-order valence-electron chi connectivity index (χ0n) is 11.7. The maximum absolute atomic E-state index is 12.6. The number of barbiturate groups is 1. The van der Waals surface area contributed by atoms with Gasteiger partial charge >= 0.3 is 6.03 Å². The van der Waals surface area contributed by atoms with E-state index in [9.17, 15) is 14.4 Å². The van der Waals surface area contributed by atoms with E-state index >= 15 is 0 Å². The summed E-state index contributed by atoms with van der Waals surface area (Å²) >= 11 is 0. The number of amides is 4. The largest absolute Gasteiger partial charge is 0.380 e. The molecular formula is C15H16N2O4. The molecule has 2 fully saturated rings. The molecule has 3 rings (SSSR count). The van der Waals surface area contributed by atoms with E-state index in [1.54, 1.807) is 25.3 Å². The van der Waals surface area contributed by atoms with E-state index in [1.807, 2.05) is 6.07 Å². The summed E-state index contributed by atoms with van der Waals surface area (Å²) in [7, 11) is 1.58. The molecule has 1 aliphatic carbocycles. The van der Waals surface area contributed by atoms with Gasteiger partial charge in [-0.15, -0.1) is 0 Å². The third kappa shape index (κ3) is 2.03. The lowest BCUT2D eigenvalue weighted by Crippen LogP contribution is -2.66. The Labute approximate surface area is 122 Å². The maximum atomic E-state index is 12.6. The molecule has 1 saturated carbocycles. The zero-order chi connectivity index (χ0) is 15.0. The Morgan fingerprint density at radius 1 is 1.29 bits per heavy atom. The van der Waals surface area contributed by atoms with E-state index in [4.69, 9.17) is 4.74 Å². The molecule has 1 aliphatic heterocycles. The number of nitrogens with one attached hydrogen (secondary N) is 1. The average Bonchev–Trinajstić information content (AvgIpc) is 2.37. The number of rotatable bonds is 3. The van der Waals surface area contributed by atoms with Gasteiger partial charge in [0.15, 0.2) is 0 Å². The van der Waals surface area contributed by atoms with Crippen molar-refractivity contribution in [2.24, 2.45) is 5.41 Å². The third-order valence-electron chi connectivity index (χ3n) is 4.16. The Bertz CT molecular complexity index is 622. The van der Waals surface area contributed by atoms with Crippen molar-refractivity contribution in [1.82, 2.24) is 5.32 Å². The van der Waals surface area contributed by atoms with Gasteiger partial charge in [-0.05, 0) is 30.5 Å². The lowest BCUT2D eigenvalue weighted by Gasteiger charge is -2.44. The molecule has 6 heteroatoms. The quantitative estimate of drug-likeness (QED) is 0.857. The minimum atomic E-state index is -1.05. The smallest absolute Gasteiger partial charge is 0.335 e. The number of imide groups is 2. The Morgan fingerprint density at radius 3 is 2.67 bits per heavy atom. The van der Waals surface area contributed by atoms with Crippen molar-refractivity contribution < 1.29 is 19.1 Å². The Balaban J connectivity index is 1.96. The molecule has 1 N–H and O–H groups in total. The second-order valence-corrected chi connectivity index (χ2v) is 5.44. The van der Waals surface area contributed by atoms with Gasteiger partial charge in [-0.1, -0.05) is 18.6 Å². The average molecular weight is 288 g/mol. The lowest BCUT2D eigenvalue weighted by molar-refractivity contribution is -0.148. The first-order valence-electron chi connectivity index (χ1n) is 6.86. The van der Waals surface area contributed by atoms with Crippen molar-refractivity contribution >= 4 is 23.5 Å². The van der Waals surface area contributed by atoms with Gasteiger partial charge in [0.25, 0.3) is 5.91 Å². The second kappa shape index (κ2) is 4.96. The molecule has 110 valence electrons. The van der Waals surface area contributed by atoms with Crippen LogP contribution < -0.4 is 10.2 Å². The van der Waals surface area contributed by atoms with Crippen LogP contribution in [-0.2, 0) is 20.9 Å². The number of hydrogen-bond donors (Lipinski definition) is 1. The second-order valence-electron chi connectivity index (χ2n) is 5.44. The van der Waals surface area contributed by atoms with Gasteiger partial charge in [-0.25, -0.2) is 9.69 Å². The van der Waals surface area contributed by atoms with Crippen molar-refractivity contribution in [2.75, 3.05) is 12.0 Å². The summed E-state index contributed by atoms with van der Waals surface area (Å²) in [6.45, 7) is 0.390. The molecule has 6 nitrogen and oxygen atoms in total. The molecular weight excluding hydrogens is 272 g/mol. The van der Waals surface area contributed by atoms with Gasteiger partial charge in [0, 0.05) is 7.11 Å². The summed E-state index contributed by atoms with van der Waals surface area (Å²) in [5, 5.41) is 2.30. The number of nitrogens with zero attached hydrogens (tertiary/aromatic N) is 1. The maximum Gasteiger partial charge on any atom is 0.335 e. The van der Waals surface area contributed by atoms with Crippen molar-refractivity contribution in [3.05, 3.63) is 29.8 Å². The normalized spacial score (nSPS) is 20.4. The van der Waals surface area contributed by atoms with Crippen LogP contribution in [0.15, 0.2) is 24.3 Å². The fourth-order valence-electron chi connectivity index (χ4n) is 2.83. The fourth-order valence-corrected chi connectivity index (χ4v) is 2.83. The molecule has 21 heavy (non-hydrogen) atoms. The Morgan fingerprint density at radius 2 is 2.05 bits per heavy atom. The number of ether oxygens (including phenoxy) is 1. The van der Waals surface area contributed by atoms with Crippen LogP contribution in [0.5, 0.6) is 0 Å². The van der Waals surface area contributed by atoms with Crippen LogP contribution in [0.25, 0.3) is 0 Å². The van der Waals surface area contributed by atoms with E-state index < -0.39 is 23.3 Å². The highest BCUT2D eigenvalue weighted by molar-refractivity contribution is 6.30. The summed E-state index contributed by atoms with van der Waals surface area (Å²) in [4.78, 5) is 37.7. The van der Waals surface area contributed by atoms with E-state index in [0.29, 0.717) is 25.1 Å². The summed E-state index contributed by atoms with van der Waals surface area (Å²) < 4.78 is 5.06. The molecule has 0 unspecified atom stereocenters. The van der Waals surface area contributed by atoms with Crippen LogP contribution in [0.1, 0.15) is 24.8 Å². The molecule has 0 bridgehead atoms. The minimum absolute atomic E-state index is 0.390. The number of urea groups is 1. The van der Waals surface area contributed by atoms with E-state index in [0.717, 1.165) is 16.9 Å². The van der Waals surface area contributed by atoms with Gasteiger partial charge < -0.3 is 4.74 Å². The van der Waals surface area contributed by atoms with Crippen LogP contribution in [0, 0.1) is 5.41 Å². The standard InChI is InChI=1S/C15H16N2O4/c1-21-9-10-4-2-5-11(8-10)17-13(19)15(6-3-7-15)12(18)16-14(17)20/h2,4-5,8H,3,6-7,9H2,1H3,(H,16,18,20). The number of anilines is 1. The summed E-state index contributed by atoms with van der Waals surface area (Å²) in [6, 6.07) is 6.33. The van der Waals surface area contributed by atoms with Gasteiger partial charge in [-0.3, -0.25) is 14.9 Å². The highest BCUT2D eigenvalue weighted by Gasteiger charge is 2.57. The zero-order valence-corrected chi connectivity index (χ0v) is 11.7. The number of benzene rings is 1. The van der Waals surface area contributed by atoms with E-state index in [1.165, 1.54) is 0 Å². The van der Waals surface area contributed by atoms with Crippen molar-refractivity contribution in [3.63, 3.8) is 0 Å². The Hall–Kier alpha value is -2.21. The molecule has 4 amide bonds. The monoisotopic (exact) mass is 288 g/mol. The highest BCUT2D eigenvalue weighted by Crippen LogP contribution is 2.45. The van der Waals surface area contributed by atoms with Crippen molar-refractivity contribution in [2.45, 2.75) is 25.9 Å². The van der Waals surface area contributed by atoms with E-state index in [2.05, 4.69) is 5.32 Å². The van der Waals surface area contributed by atoms with Crippen molar-refractivity contribution in [3.8, 4) is 0 Å². The van der Waals surface area contributed by atoms with Crippen LogP contribution in [0.2, 0.25) is 0 Å². The predicted molar refractivity (Wildman–Crippen MR) is 74.5 cm³/mol. The number of methoxy groups -OCH3 is 1. The van der Waals surface area contributed by atoms with Crippen LogP contribution in [0.3, 0.4) is 0 Å². The lowest BCUT2D eigenvalue weighted by atomic mass is 9.66. The van der Waals surface area contributed by atoms with Crippen molar-refractivity contribution in [1.29, 1.82) is 0 Å². The molecule has 0 radical (unpaired) electrons. The molecule has 1 saturated heterocycles. The first-order valence-corrected chi connectivity index (χ1v) is 6.86. The SMILES string of the molecule is COCc1cccc(N2C(=O)NC(=O)C3(CCC3)C2=O)c1. The van der Waals surface area contributed by atoms with E-state index in [-0.39, 0.29) is 0 Å². The fraction of sp³-hybridized carbons (Fsp3) is 0.400. The molecule has 0 aromatic heterocycles. The first kappa shape index (κ1) is 13.8. The molecule has 0 atom stereocenters. The van der Waals surface area contributed by atoms with Gasteiger partial charge in [-0.2, -0.15) is 0 Å². The molecule has 1 aromatic rings. The van der Waals surface area contributed by atoms with Crippen LogP contribution >= 0.6 is 0 Å². The molecule has 2 aliphatic rings. The molecule has 1 spiro atoms. The number of carbonyl (C=O) groups excluding carboxylic acids is 3. The highest BCUT2D eigenvalue weighted by atomic mass is 16.5. The summed E-state index contributed by atoms with van der Waals surface area (Å²) in [6.07, 6.45) is 1.82. The third-order valence-corrected chi connectivity index (χ3v) is 4.16. The predicted octanol–water partition coefficient (Wildman–Crippen LogP) is 1.59. The summed E-state index contributed by atoms with van der Waals surface area (Å²) in [5.74, 6) is -0.884. The topological polar surface area (TPSA) is 75.7 Å². The molecule has 1 aromatic carbocycles. The van der Waals surface area contributed by atoms with Gasteiger partial charge in [0.1, 0.15) is 5.41 Å².